The number of thiazole rings is 1. The van der Waals surface area contributed by atoms with Gasteiger partial charge in [0.05, 0.1) is 10.5 Å². The summed E-state index contributed by atoms with van der Waals surface area (Å²) in [7, 11) is -4.51. The van der Waals surface area contributed by atoms with Crippen LogP contribution in [0, 0.1) is 6.92 Å². The molecule has 0 aliphatic rings. The average molecular weight is 327 g/mol. The largest absolute Gasteiger partial charge is 0.478 e. The summed E-state index contributed by atoms with van der Waals surface area (Å²) in [6.45, 7) is 1.41. The van der Waals surface area contributed by atoms with Gasteiger partial charge in [-0.25, -0.2) is 9.78 Å². The Labute approximate surface area is 123 Å². The molecule has 2 aromatic rings. The van der Waals surface area contributed by atoms with Crippen LogP contribution in [-0.2, 0) is 10.1 Å². The Hall–Kier alpha value is -2.17. The number of rotatable bonds is 4. The summed E-state index contributed by atoms with van der Waals surface area (Å²) in [5.74, 6) is -1.38. The summed E-state index contributed by atoms with van der Waals surface area (Å²) in [5.41, 5.74) is -0.244. The highest BCUT2D eigenvalue weighted by Crippen LogP contribution is 2.28. The Morgan fingerprint density at radius 2 is 2.05 bits per heavy atom. The number of aryl methyl sites for hydroxylation is 1. The molecule has 0 saturated heterocycles. The predicted octanol–water partition coefficient (Wildman–Crippen LogP) is 2.81. The smallest absolute Gasteiger partial charge is 0.338 e. The first-order valence-corrected chi connectivity index (χ1v) is 7.77. The fraction of sp³-hybridized carbons (Fsp3) is 0.0909. The van der Waals surface area contributed by atoms with Gasteiger partial charge in [0.25, 0.3) is 10.1 Å². The van der Waals surface area contributed by atoms with Gasteiger partial charge in [0.1, 0.15) is 5.69 Å². The molecule has 110 valence electrons. The van der Waals surface area contributed by atoms with Crippen LogP contribution in [0.5, 0.6) is 0 Å². The molecule has 0 aliphatic heterocycles. The van der Waals surface area contributed by atoms with E-state index in [1.807, 2.05) is 0 Å². The van der Waals surface area contributed by atoms with Crippen molar-refractivity contribution >= 4 is 38.2 Å². The fourth-order valence-electron chi connectivity index (χ4n) is 1.57. The third-order valence-corrected chi connectivity index (χ3v) is 4.12. The number of hydrogen-bond donors (Lipinski definition) is 2. The van der Waals surface area contributed by atoms with E-state index in [0.29, 0.717) is 5.13 Å². The van der Waals surface area contributed by atoms with E-state index in [2.05, 4.69) is 15.2 Å². The van der Waals surface area contributed by atoms with E-state index in [-0.39, 0.29) is 16.8 Å². The molecule has 0 saturated carbocycles. The first-order valence-electron chi connectivity index (χ1n) is 5.45. The van der Waals surface area contributed by atoms with Gasteiger partial charge in [-0.3, -0.25) is 4.55 Å². The van der Waals surface area contributed by atoms with Crippen LogP contribution >= 0.6 is 11.3 Å². The molecule has 1 aromatic heterocycles. The van der Waals surface area contributed by atoms with Crippen molar-refractivity contribution in [2.24, 2.45) is 10.2 Å². The van der Waals surface area contributed by atoms with E-state index in [0.717, 1.165) is 6.07 Å². The van der Waals surface area contributed by atoms with Gasteiger partial charge in [0, 0.05) is 11.6 Å². The molecule has 8 nitrogen and oxygen atoms in total. The molecule has 0 unspecified atom stereocenters. The molecule has 0 bridgehead atoms. The number of azo groups is 1. The maximum absolute atomic E-state index is 11.2. The summed E-state index contributed by atoms with van der Waals surface area (Å²) >= 11 is 1.21. The summed E-state index contributed by atoms with van der Waals surface area (Å²) in [4.78, 5) is 14.6. The quantitative estimate of drug-likeness (QED) is 0.656. The molecule has 0 fully saturated rings. The third-order valence-electron chi connectivity index (χ3n) is 2.46. The van der Waals surface area contributed by atoms with Crippen LogP contribution in [0.3, 0.4) is 0 Å². The molecule has 2 rings (SSSR count). The molecule has 1 aromatic carbocycles. The van der Waals surface area contributed by atoms with Crippen LogP contribution in [0.4, 0.5) is 10.8 Å². The predicted molar refractivity (Wildman–Crippen MR) is 74.2 cm³/mol. The van der Waals surface area contributed by atoms with Gasteiger partial charge >= 0.3 is 5.97 Å². The van der Waals surface area contributed by atoms with Gasteiger partial charge in [-0.2, -0.15) is 8.42 Å². The van der Waals surface area contributed by atoms with Crippen LogP contribution in [0.25, 0.3) is 0 Å². The van der Waals surface area contributed by atoms with E-state index in [1.54, 1.807) is 5.38 Å². The van der Waals surface area contributed by atoms with Crippen molar-refractivity contribution in [1.29, 1.82) is 0 Å². The van der Waals surface area contributed by atoms with Crippen LogP contribution in [0.1, 0.15) is 15.9 Å². The van der Waals surface area contributed by atoms with Crippen LogP contribution < -0.4 is 0 Å². The number of aromatic carboxylic acids is 1. The number of carbonyl (C=O) groups is 1. The summed E-state index contributed by atoms with van der Waals surface area (Å²) in [6.07, 6.45) is 1.52. The summed E-state index contributed by atoms with van der Waals surface area (Å²) < 4.78 is 31.4. The molecule has 0 spiro atoms. The molecular formula is C11H9N3O5S2. The minimum Gasteiger partial charge on any atom is -0.478 e. The number of carboxylic acid groups (broad SMARTS) is 1. The minimum atomic E-state index is -4.51. The van der Waals surface area contributed by atoms with Gasteiger partial charge < -0.3 is 5.11 Å². The molecule has 0 aliphatic carbocycles. The van der Waals surface area contributed by atoms with E-state index in [1.165, 1.54) is 30.5 Å². The highest BCUT2D eigenvalue weighted by atomic mass is 32.2. The Bertz CT molecular complexity index is 813. The summed E-state index contributed by atoms with van der Waals surface area (Å²) in [6, 6.07) is 2.08. The highest BCUT2D eigenvalue weighted by Gasteiger charge is 2.20. The van der Waals surface area contributed by atoms with Crippen molar-refractivity contribution in [2.75, 3.05) is 0 Å². The lowest BCUT2D eigenvalue weighted by Crippen LogP contribution is -2.05. The van der Waals surface area contributed by atoms with Gasteiger partial charge in [0.2, 0.25) is 5.13 Å². The second kappa shape index (κ2) is 5.68. The van der Waals surface area contributed by atoms with Crippen molar-refractivity contribution in [3.05, 3.63) is 34.8 Å². The Morgan fingerprint density at radius 3 is 2.57 bits per heavy atom. The van der Waals surface area contributed by atoms with Crippen LogP contribution in [0.15, 0.2) is 38.8 Å². The standard InChI is InChI=1S/C11H9N3O5S2/c1-6-4-8(13-14-11-12-2-3-20-11)7(10(15)16)5-9(6)21(17,18)19/h2-5H,1H3,(H,15,16)(H,17,18,19). The molecule has 0 radical (unpaired) electrons. The van der Waals surface area contributed by atoms with E-state index < -0.39 is 21.0 Å². The normalized spacial score (nSPS) is 11.9. The lowest BCUT2D eigenvalue weighted by Gasteiger charge is -2.06. The van der Waals surface area contributed by atoms with Crippen LogP contribution in [0.2, 0.25) is 0 Å². The zero-order valence-corrected chi connectivity index (χ0v) is 12.2. The SMILES string of the molecule is Cc1cc(N=Nc2nccs2)c(C(=O)O)cc1S(=O)(=O)O. The van der Waals surface area contributed by atoms with Crippen molar-refractivity contribution < 1.29 is 22.9 Å². The zero-order chi connectivity index (χ0) is 15.6. The fourth-order valence-corrected chi connectivity index (χ4v) is 2.75. The lowest BCUT2D eigenvalue weighted by molar-refractivity contribution is 0.0697. The lowest BCUT2D eigenvalue weighted by atomic mass is 10.1. The van der Waals surface area contributed by atoms with Crippen molar-refractivity contribution in [1.82, 2.24) is 4.98 Å². The number of benzene rings is 1. The van der Waals surface area contributed by atoms with E-state index in [4.69, 9.17) is 9.66 Å². The zero-order valence-electron chi connectivity index (χ0n) is 10.6. The molecule has 0 atom stereocenters. The van der Waals surface area contributed by atoms with Gasteiger partial charge in [-0.1, -0.05) is 0 Å². The van der Waals surface area contributed by atoms with Crippen LogP contribution in [-0.4, -0.2) is 29.0 Å². The van der Waals surface area contributed by atoms with E-state index >= 15 is 0 Å². The monoisotopic (exact) mass is 327 g/mol. The number of nitrogens with zero attached hydrogens (tertiary/aromatic N) is 3. The van der Waals surface area contributed by atoms with Crippen molar-refractivity contribution in [2.45, 2.75) is 11.8 Å². The van der Waals surface area contributed by atoms with Crippen molar-refractivity contribution in [3.8, 4) is 0 Å². The molecule has 0 amide bonds. The highest BCUT2D eigenvalue weighted by molar-refractivity contribution is 7.85. The first kappa shape index (κ1) is 15.2. The maximum Gasteiger partial charge on any atom is 0.338 e. The average Bonchev–Trinajstić information content (AvgIpc) is 2.87. The molecule has 1 heterocycles. The molecule has 21 heavy (non-hydrogen) atoms. The van der Waals surface area contributed by atoms with Gasteiger partial charge in [-0.15, -0.1) is 21.6 Å². The first-order chi connectivity index (χ1) is 9.79. The molecular weight excluding hydrogens is 318 g/mol. The van der Waals surface area contributed by atoms with Gasteiger partial charge in [-0.05, 0) is 24.6 Å². The Morgan fingerprint density at radius 1 is 1.33 bits per heavy atom. The third kappa shape index (κ3) is 3.48. The maximum atomic E-state index is 11.2. The number of aromatic nitrogens is 1. The van der Waals surface area contributed by atoms with Crippen molar-refractivity contribution in [3.63, 3.8) is 0 Å². The second-order valence-corrected chi connectivity index (χ2v) is 6.19. The summed E-state index contributed by atoms with van der Waals surface area (Å²) in [5, 5.41) is 18.7. The number of hydrogen-bond acceptors (Lipinski definition) is 7. The minimum absolute atomic E-state index is 0.0254. The topological polar surface area (TPSA) is 129 Å². The Kier molecular flexibility index (Phi) is 4.11. The second-order valence-electron chi connectivity index (χ2n) is 3.93. The molecule has 10 heteroatoms. The molecule has 2 N–H and O–H groups in total. The number of carboxylic acids is 1. The van der Waals surface area contributed by atoms with Gasteiger partial charge in [0.15, 0.2) is 0 Å². The van der Waals surface area contributed by atoms with E-state index in [9.17, 15) is 13.2 Å². The Balaban J connectivity index is 2.56.